The molecule has 0 radical (unpaired) electrons. The van der Waals surface area contributed by atoms with E-state index in [1.54, 1.807) is 35.2 Å². The van der Waals surface area contributed by atoms with Crippen LogP contribution in [-0.2, 0) is 9.59 Å². The summed E-state index contributed by atoms with van der Waals surface area (Å²) in [7, 11) is 0. The third-order valence-corrected chi connectivity index (χ3v) is 5.13. The first-order valence-electron chi connectivity index (χ1n) is 9.78. The maximum absolute atomic E-state index is 12.8. The van der Waals surface area contributed by atoms with Crippen molar-refractivity contribution >= 4 is 23.8 Å². The van der Waals surface area contributed by atoms with Crippen LogP contribution < -0.4 is 10.6 Å². The van der Waals surface area contributed by atoms with Gasteiger partial charge in [0.25, 0.3) is 5.91 Å². The van der Waals surface area contributed by atoms with Crippen LogP contribution in [0.25, 0.3) is 0 Å². The Labute approximate surface area is 164 Å². The van der Waals surface area contributed by atoms with Crippen LogP contribution in [0.5, 0.6) is 0 Å². The lowest BCUT2D eigenvalue weighted by atomic mass is 10.1. The first kappa shape index (κ1) is 19.9. The Balaban J connectivity index is 1.56. The molecule has 0 spiro atoms. The van der Waals surface area contributed by atoms with E-state index in [2.05, 4.69) is 10.6 Å². The van der Waals surface area contributed by atoms with Crippen LogP contribution in [-0.4, -0.2) is 65.8 Å². The van der Waals surface area contributed by atoms with Gasteiger partial charge in [0.05, 0.1) is 6.54 Å². The molecule has 2 saturated heterocycles. The van der Waals surface area contributed by atoms with E-state index in [4.69, 9.17) is 0 Å². The van der Waals surface area contributed by atoms with Gasteiger partial charge >= 0.3 is 6.03 Å². The molecular weight excluding hydrogens is 360 g/mol. The van der Waals surface area contributed by atoms with E-state index in [0.29, 0.717) is 18.5 Å². The summed E-state index contributed by atoms with van der Waals surface area (Å²) in [6.07, 6.45) is 4.03. The summed E-state index contributed by atoms with van der Waals surface area (Å²) in [5.74, 6) is -0.845. The van der Waals surface area contributed by atoms with Gasteiger partial charge in [-0.3, -0.25) is 19.7 Å². The zero-order valence-corrected chi connectivity index (χ0v) is 15.9. The molecule has 0 aliphatic carbocycles. The van der Waals surface area contributed by atoms with Gasteiger partial charge in [-0.15, -0.1) is 0 Å². The molecule has 8 nitrogen and oxygen atoms in total. The van der Waals surface area contributed by atoms with E-state index >= 15 is 0 Å². The number of nitrogens with one attached hydrogen (secondary N) is 2. The Morgan fingerprint density at radius 2 is 1.64 bits per heavy atom. The molecule has 2 aliphatic heterocycles. The molecule has 28 heavy (non-hydrogen) atoms. The first-order chi connectivity index (χ1) is 13.5. The molecule has 2 heterocycles. The summed E-state index contributed by atoms with van der Waals surface area (Å²) in [5.41, 5.74) is 0.364. The predicted octanol–water partition coefficient (Wildman–Crippen LogP) is 1.13. The Kier molecular flexibility index (Phi) is 6.62. The highest BCUT2D eigenvalue weighted by Gasteiger charge is 2.31. The van der Waals surface area contributed by atoms with Crippen molar-refractivity contribution in [2.45, 2.75) is 38.1 Å². The van der Waals surface area contributed by atoms with Crippen LogP contribution in [0.2, 0.25) is 0 Å². The maximum atomic E-state index is 12.8. The monoisotopic (exact) mass is 386 g/mol. The second-order valence-electron chi connectivity index (χ2n) is 7.19. The number of likely N-dealkylation sites (tertiary alicyclic amines) is 2. The van der Waals surface area contributed by atoms with Crippen molar-refractivity contribution in [1.29, 1.82) is 0 Å². The molecule has 0 saturated carbocycles. The van der Waals surface area contributed by atoms with Crippen LogP contribution in [0.15, 0.2) is 30.3 Å². The average Bonchev–Trinajstić information content (AvgIpc) is 3.19. The number of hydrogen-bond acceptors (Lipinski definition) is 4. The second-order valence-corrected chi connectivity index (χ2v) is 7.19. The number of rotatable bonds is 4. The number of carbonyl (C=O) groups is 4. The lowest BCUT2D eigenvalue weighted by molar-refractivity contribution is -0.140. The van der Waals surface area contributed by atoms with E-state index in [-0.39, 0.29) is 18.4 Å². The fourth-order valence-electron chi connectivity index (χ4n) is 3.59. The number of amides is 5. The summed E-state index contributed by atoms with van der Waals surface area (Å²) in [4.78, 5) is 52.8. The molecule has 5 amide bonds. The Hall–Kier alpha value is -2.90. The highest BCUT2D eigenvalue weighted by Crippen LogP contribution is 2.14. The quantitative estimate of drug-likeness (QED) is 0.810. The normalized spacial score (nSPS) is 19.9. The van der Waals surface area contributed by atoms with Crippen molar-refractivity contribution in [2.24, 2.45) is 0 Å². The number of benzene rings is 1. The van der Waals surface area contributed by atoms with E-state index in [9.17, 15) is 19.2 Å². The molecule has 2 N–H and O–H groups in total. The van der Waals surface area contributed by atoms with E-state index in [1.165, 1.54) is 4.90 Å². The van der Waals surface area contributed by atoms with Gasteiger partial charge in [0.2, 0.25) is 11.8 Å². The third kappa shape index (κ3) is 5.09. The van der Waals surface area contributed by atoms with Crippen LogP contribution in [0.3, 0.4) is 0 Å². The minimum atomic E-state index is -0.738. The first-order valence-corrected chi connectivity index (χ1v) is 9.78. The highest BCUT2D eigenvalue weighted by atomic mass is 16.2. The topological polar surface area (TPSA) is 98.8 Å². The molecule has 1 aromatic rings. The van der Waals surface area contributed by atoms with E-state index in [0.717, 1.165) is 38.8 Å². The number of carbonyl (C=O) groups excluding carboxylic acids is 4. The van der Waals surface area contributed by atoms with Gasteiger partial charge in [-0.25, -0.2) is 4.79 Å². The average molecular weight is 386 g/mol. The van der Waals surface area contributed by atoms with E-state index in [1.807, 2.05) is 0 Å². The summed E-state index contributed by atoms with van der Waals surface area (Å²) in [5, 5.41) is 4.85. The highest BCUT2D eigenvalue weighted by molar-refractivity contribution is 6.05. The van der Waals surface area contributed by atoms with Gasteiger partial charge < -0.3 is 15.1 Å². The van der Waals surface area contributed by atoms with Crippen molar-refractivity contribution in [2.75, 3.05) is 26.2 Å². The van der Waals surface area contributed by atoms with Crippen molar-refractivity contribution in [1.82, 2.24) is 20.4 Å². The molecule has 150 valence electrons. The molecular formula is C20H26N4O4. The second kappa shape index (κ2) is 9.34. The minimum absolute atomic E-state index is 0.0432. The van der Waals surface area contributed by atoms with Crippen molar-refractivity contribution in [3.8, 4) is 0 Å². The van der Waals surface area contributed by atoms with Crippen LogP contribution in [0, 0.1) is 0 Å². The standard InChI is InChI=1S/C20H26N4O4/c25-17(23-11-6-7-12-23)14-24-13-5-4-10-16(19(24)27)21-20(28)22-18(26)15-8-2-1-3-9-15/h1-3,8-9,16H,4-7,10-14H2,(H2,21,22,26,28)/t16-/m0/s1. The molecule has 1 atom stereocenters. The SMILES string of the molecule is O=C(NC(=O)c1ccccc1)N[C@H]1CCCCN(CC(=O)N2CCCC2)C1=O. The van der Waals surface area contributed by atoms with Gasteiger partial charge in [-0.05, 0) is 44.2 Å². The summed E-state index contributed by atoms with van der Waals surface area (Å²) in [6, 6.07) is 6.95. The number of urea groups is 1. The molecule has 8 heteroatoms. The number of nitrogens with zero attached hydrogens (tertiary/aromatic N) is 2. The molecule has 1 aromatic carbocycles. The smallest absolute Gasteiger partial charge is 0.322 e. The Morgan fingerprint density at radius 3 is 2.36 bits per heavy atom. The van der Waals surface area contributed by atoms with Crippen molar-refractivity contribution < 1.29 is 19.2 Å². The maximum Gasteiger partial charge on any atom is 0.322 e. The fourth-order valence-corrected chi connectivity index (χ4v) is 3.59. The lowest BCUT2D eigenvalue weighted by Gasteiger charge is -2.26. The summed E-state index contributed by atoms with van der Waals surface area (Å²) in [6.45, 7) is 2.03. The molecule has 0 bridgehead atoms. The Morgan fingerprint density at radius 1 is 0.964 bits per heavy atom. The zero-order valence-electron chi connectivity index (χ0n) is 15.9. The van der Waals surface area contributed by atoms with Crippen LogP contribution in [0.4, 0.5) is 4.79 Å². The number of hydrogen-bond donors (Lipinski definition) is 2. The van der Waals surface area contributed by atoms with Crippen molar-refractivity contribution in [3.63, 3.8) is 0 Å². The fraction of sp³-hybridized carbons (Fsp3) is 0.500. The van der Waals surface area contributed by atoms with Crippen LogP contribution >= 0.6 is 0 Å². The third-order valence-electron chi connectivity index (χ3n) is 5.13. The van der Waals surface area contributed by atoms with Crippen molar-refractivity contribution in [3.05, 3.63) is 35.9 Å². The summed E-state index contributed by atoms with van der Waals surface area (Å²) < 4.78 is 0. The molecule has 0 unspecified atom stereocenters. The number of imide groups is 1. The van der Waals surface area contributed by atoms with Gasteiger partial charge in [-0.2, -0.15) is 0 Å². The van der Waals surface area contributed by atoms with Gasteiger partial charge in [0.15, 0.2) is 0 Å². The minimum Gasteiger partial charge on any atom is -0.341 e. The van der Waals surface area contributed by atoms with Gasteiger partial charge in [-0.1, -0.05) is 18.2 Å². The molecule has 0 aromatic heterocycles. The van der Waals surface area contributed by atoms with Gasteiger partial charge in [0.1, 0.15) is 6.04 Å². The largest absolute Gasteiger partial charge is 0.341 e. The molecule has 3 rings (SSSR count). The van der Waals surface area contributed by atoms with E-state index < -0.39 is 18.0 Å². The molecule has 2 fully saturated rings. The Bertz CT molecular complexity index is 731. The summed E-state index contributed by atoms with van der Waals surface area (Å²) >= 11 is 0. The zero-order chi connectivity index (χ0) is 19.9. The predicted molar refractivity (Wildman–Crippen MR) is 102 cm³/mol. The van der Waals surface area contributed by atoms with Crippen LogP contribution in [0.1, 0.15) is 42.5 Å². The van der Waals surface area contributed by atoms with Gasteiger partial charge in [0, 0.05) is 25.2 Å². The molecule has 2 aliphatic rings. The lowest BCUT2D eigenvalue weighted by Crippen LogP contribution is -2.53.